The number of carbonyl (C=O) groups excluding carboxylic acids is 1. The van der Waals surface area contributed by atoms with E-state index in [-0.39, 0.29) is 11.7 Å². The van der Waals surface area contributed by atoms with Gasteiger partial charge in [0.2, 0.25) is 15.9 Å². The van der Waals surface area contributed by atoms with E-state index in [1.54, 1.807) is 6.92 Å². The second kappa shape index (κ2) is 4.75. The van der Waals surface area contributed by atoms with Crippen molar-refractivity contribution in [3.63, 3.8) is 0 Å². The Kier molecular flexibility index (Phi) is 3.88. The molecule has 1 aliphatic rings. The Morgan fingerprint density at radius 3 is 2.86 bits per heavy atom. The second-order valence-corrected chi connectivity index (χ2v) is 5.30. The molecule has 5 nitrogen and oxygen atoms in total. The highest BCUT2D eigenvalue weighted by Gasteiger charge is 2.25. The van der Waals surface area contributed by atoms with Gasteiger partial charge in [-0.2, -0.15) is 0 Å². The van der Waals surface area contributed by atoms with E-state index in [2.05, 4.69) is 10.0 Å². The smallest absolute Gasteiger partial charge is 0.238 e. The first kappa shape index (κ1) is 11.5. The lowest BCUT2D eigenvalue weighted by molar-refractivity contribution is -0.124. The molecule has 0 radical (unpaired) electrons. The number of piperidine rings is 1. The van der Waals surface area contributed by atoms with Gasteiger partial charge in [0.25, 0.3) is 0 Å². The van der Waals surface area contributed by atoms with Crippen molar-refractivity contribution in [3.8, 4) is 0 Å². The normalized spacial score (nSPS) is 23.2. The van der Waals surface area contributed by atoms with Crippen LogP contribution in [0.4, 0.5) is 0 Å². The van der Waals surface area contributed by atoms with Crippen LogP contribution in [0.5, 0.6) is 0 Å². The van der Waals surface area contributed by atoms with Crippen LogP contribution >= 0.6 is 0 Å². The molecular formula is C8H16N2O3S. The summed E-state index contributed by atoms with van der Waals surface area (Å²) in [6.07, 6.45) is 1.98. The molecule has 1 heterocycles. The lowest BCUT2D eigenvalue weighted by Crippen LogP contribution is -2.50. The molecule has 0 bridgehead atoms. The van der Waals surface area contributed by atoms with Gasteiger partial charge in [-0.1, -0.05) is 6.92 Å². The van der Waals surface area contributed by atoms with Crippen molar-refractivity contribution >= 4 is 15.9 Å². The van der Waals surface area contributed by atoms with E-state index in [0.717, 1.165) is 6.42 Å². The highest BCUT2D eigenvalue weighted by Crippen LogP contribution is 2.04. The summed E-state index contributed by atoms with van der Waals surface area (Å²) in [7, 11) is -3.28. The van der Waals surface area contributed by atoms with Crippen molar-refractivity contribution in [1.29, 1.82) is 0 Å². The summed E-state index contributed by atoms with van der Waals surface area (Å²) in [4.78, 5) is 11.2. The SMILES string of the molecule is CCCS(=O)(=O)NC1CCCNC1=O. The first-order chi connectivity index (χ1) is 6.55. The third-order valence-electron chi connectivity index (χ3n) is 2.08. The van der Waals surface area contributed by atoms with Crippen LogP contribution in [0.15, 0.2) is 0 Å². The van der Waals surface area contributed by atoms with Gasteiger partial charge in [0, 0.05) is 6.54 Å². The third kappa shape index (κ3) is 3.26. The number of sulfonamides is 1. The van der Waals surface area contributed by atoms with Gasteiger partial charge in [-0.05, 0) is 19.3 Å². The van der Waals surface area contributed by atoms with Crippen LogP contribution < -0.4 is 10.0 Å². The molecule has 1 aliphatic heterocycles. The van der Waals surface area contributed by atoms with Gasteiger partial charge in [-0.15, -0.1) is 0 Å². The predicted molar refractivity (Wildman–Crippen MR) is 53.2 cm³/mol. The number of hydrogen-bond donors (Lipinski definition) is 2. The molecule has 1 amide bonds. The maximum Gasteiger partial charge on any atom is 0.238 e. The number of nitrogens with one attached hydrogen (secondary N) is 2. The Morgan fingerprint density at radius 2 is 2.29 bits per heavy atom. The maximum atomic E-state index is 11.4. The Morgan fingerprint density at radius 1 is 1.57 bits per heavy atom. The van der Waals surface area contributed by atoms with Crippen molar-refractivity contribution in [2.75, 3.05) is 12.3 Å². The van der Waals surface area contributed by atoms with Crippen LogP contribution in [-0.2, 0) is 14.8 Å². The second-order valence-electron chi connectivity index (χ2n) is 3.42. The van der Waals surface area contributed by atoms with Crippen LogP contribution in [0.3, 0.4) is 0 Å². The average molecular weight is 220 g/mol. The van der Waals surface area contributed by atoms with E-state index < -0.39 is 16.1 Å². The van der Waals surface area contributed by atoms with Gasteiger partial charge in [0.15, 0.2) is 0 Å². The first-order valence-corrected chi connectivity index (χ1v) is 6.48. The topological polar surface area (TPSA) is 75.3 Å². The summed E-state index contributed by atoms with van der Waals surface area (Å²) in [5.41, 5.74) is 0. The van der Waals surface area contributed by atoms with E-state index in [4.69, 9.17) is 0 Å². The largest absolute Gasteiger partial charge is 0.355 e. The number of hydrogen-bond acceptors (Lipinski definition) is 3. The quantitative estimate of drug-likeness (QED) is 0.676. The standard InChI is InChI=1S/C8H16N2O3S/c1-2-6-14(12,13)10-7-4-3-5-9-8(7)11/h7,10H,2-6H2,1H3,(H,9,11). The van der Waals surface area contributed by atoms with E-state index in [1.807, 2.05) is 0 Å². The van der Waals surface area contributed by atoms with Crippen molar-refractivity contribution in [3.05, 3.63) is 0 Å². The fraction of sp³-hybridized carbons (Fsp3) is 0.875. The predicted octanol–water partition coefficient (Wildman–Crippen LogP) is -0.406. The van der Waals surface area contributed by atoms with Crippen LogP contribution in [0.1, 0.15) is 26.2 Å². The molecular weight excluding hydrogens is 204 g/mol. The van der Waals surface area contributed by atoms with Crippen molar-refractivity contribution in [2.45, 2.75) is 32.2 Å². The van der Waals surface area contributed by atoms with E-state index >= 15 is 0 Å². The molecule has 14 heavy (non-hydrogen) atoms. The van der Waals surface area contributed by atoms with E-state index in [1.165, 1.54) is 0 Å². The molecule has 1 unspecified atom stereocenters. The van der Waals surface area contributed by atoms with Gasteiger partial charge >= 0.3 is 0 Å². The molecule has 6 heteroatoms. The molecule has 1 saturated heterocycles. The number of carbonyl (C=O) groups is 1. The molecule has 0 aliphatic carbocycles. The van der Waals surface area contributed by atoms with Gasteiger partial charge in [0.05, 0.1) is 5.75 Å². The first-order valence-electron chi connectivity index (χ1n) is 4.83. The molecule has 0 aromatic carbocycles. The summed E-state index contributed by atoms with van der Waals surface area (Å²) in [6.45, 7) is 2.44. The number of rotatable bonds is 4. The zero-order chi connectivity index (χ0) is 10.6. The van der Waals surface area contributed by atoms with Crippen LogP contribution in [0, 0.1) is 0 Å². The average Bonchev–Trinajstić information content (AvgIpc) is 2.08. The zero-order valence-corrected chi connectivity index (χ0v) is 9.06. The van der Waals surface area contributed by atoms with Crippen molar-refractivity contribution in [2.24, 2.45) is 0 Å². The van der Waals surface area contributed by atoms with Crippen molar-refractivity contribution in [1.82, 2.24) is 10.0 Å². The maximum absolute atomic E-state index is 11.4. The molecule has 0 saturated carbocycles. The molecule has 2 N–H and O–H groups in total. The minimum atomic E-state index is -3.28. The van der Waals surface area contributed by atoms with Crippen LogP contribution in [-0.4, -0.2) is 32.7 Å². The molecule has 1 fully saturated rings. The van der Waals surface area contributed by atoms with Crippen molar-refractivity contribution < 1.29 is 13.2 Å². The minimum Gasteiger partial charge on any atom is -0.355 e. The Hall–Kier alpha value is -0.620. The van der Waals surface area contributed by atoms with E-state index in [9.17, 15) is 13.2 Å². The summed E-state index contributed by atoms with van der Waals surface area (Å²) in [5, 5.41) is 2.63. The van der Waals surface area contributed by atoms with E-state index in [0.29, 0.717) is 19.4 Å². The number of amides is 1. The highest BCUT2D eigenvalue weighted by molar-refractivity contribution is 7.89. The summed E-state index contributed by atoms with van der Waals surface area (Å²) < 4.78 is 25.1. The van der Waals surface area contributed by atoms with Gasteiger partial charge in [-0.3, -0.25) is 4.79 Å². The van der Waals surface area contributed by atoms with Gasteiger partial charge in [0.1, 0.15) is 6.04 Å². The Balaban J connectivity index is 2.54. The fourth-order valence-corrected chi connectivity index (χ4v) is 2.74. The third-order valence-corrected chi connectivity index (χ3v) is 3.67. The molecule has 1 rings (SSSR count). The molecule has 0 aromatic rings. The molecule has 0 aromatic heterocycles. The minimum absolute atomic E-state index is 0.0801. The molecule has 82 valence electrons. The Labute approximate surface area is 84.3 Å². The fourth-order valence-electron chi connectivity index (χ4n) is 1.43. The summed E-state index contributed by atoms with van der Waals surface area (Å²) in [5.74, 6) is -0.132. The molecule has 1 atom stereocenters. The van der Waals surface area contributed by atoms with Crippen LogP contribution in [0.2, 0.25) is 0 Å². The van der Waals surface area contributed by atoms with Gasteiger partial charge in [-0.25, -0.2) is 13.1 Å². The van der Waals surface area contributed by atoms with Crippen LogP contribution in [0.25, 0.3) is 0 Å². The highest BCUT2D eigenvalue weighted by atomic mass is 32.2. The monoisotopic (exact) mass is 220 g/mol. The Bertz CT molecular complexity index is 300. The zero-order valence-electron chi connectivity index (χ0n) is 8.25. The van der Waals surface area contributed by atoms with Gasteiger partial charge < -0.3 is 5.32 Å². The molecule has 0 spiro atoms. The lowest BCUT2D eigenvalue weighted by atomic mass is 10.1. The summed E-state index contributed by atoms with van der Waals surface area (Å²) >= 11 is 0. The lowest BCUT2D eigenvalue weighted by Gasteiger charge is -2.22. The summed E-state index contributed by atoms with van der Waals surface area (Å²) in [6, 6.07) is -0.569.